The molecule has 1 amide bonds. The second kappa shape index (κ2) is 8.43. The van der Waals surface area contributed by atoms with E-state index in [-0.39, 0.29) is 23.9 Å². The van der Waals surface area contributed by atoms with Gasteiger partial charge in [-0.2, -0.15) is 4.31 Å². The van der Waals surface area contributed by atoms with Crippen molar-refractivity contribution in [3.8, 4) is 11.1 Å². The summed E-state index contributed by atoms with van der Waals surface area (Å²) in [6.07, 6.45) is 5.76. The number of carbonyl (C=O) groups is 1. The van der Waals surface area contributed by atoms with E-state index >= 15 is 0 Å². The van der Waals surface area contributed by atoms with Crippen LogP contribution in [-0.2, 0) is 14.8 Å². The summed E-state index contributed by atoms with van der Waals surface area (Å²) in [6.45, 7) is 6.64. The quantitative estimate of drug-likeness (QED) is 0.600. The first kappa shape index (κ1) is 24.0. The highest BCUT2D eigenvalue weighted by atomic mass is 32.2. The van der Waals surface area contributed by atoms with Crippen molar-refractivity contribution in [1.29, 1.82) is 0 Å². The maximum Gasteiger partial charge on any atom is 0.240 e. The Balaban J connectivity index is 1.58. The summed E-state index contributed by atoms with van der Waals surface area (Å²) in [5.74, 6) is -0.365. The molecule has 0 radical (unpaired) electrons. The normalized spacial score (nSPS) is 24.1. The van der Waals surface area contributed by atoms with Crippen LogP contribution in [0.2, 0.25) is 0 Å². The zero-order valence-corrected chi connectivity index (χ0v) is 21.4. The lowest BCUT2D eigenvalue weighted by Crippen LogP contribution is -2.53. The van der Waals surface area contributed by atoms with Crippen molar-refractivity contribution in [2.75, 3.05) is 19.3 Å². The lowest BCUT2D eigenvalue weighted by molar-refractivity contribution is -0.136. The fourth-order valence-corrected chi connectivity index (χ4v) is 6.70. The molecule has 9 heteroatoms. The number of sulfonamides is 1. The van der Waals surface area contributed by atoms with E-state index in [9.17, 15) is 13.2 Å². The fraction of sp³-hybridized carbons (Fsp3) is 0.462. The molecule has 2 aliphatic rings. The lowest BCUT2D eigenvalue weighted by Gasteiger charge is -2.34. The van der Waals surface area contributed by atoms with Crippen LogP contribution in [0.15, 0.2) is 54.9 Å². The summed E-state index contributed by atoms with van der Waals surface area (Å²) >= 11 is 0. The van der Waals surface area contributed by atoms with Crippen LogP contribution in [0.3, 0.4) is 0 Å². The van der Waals surface area contributed by atoms with Gasteiger partial charge in [0.1, 0.15) is 5.65 Å². The average molecular weight is 496 g/mol. The molecule has 0 saturated carbocycles. The van der Waals surface area contributed by atoms with Crippen LogP contribution < -0.4 is 5.73 Å². The number of nitrogens with zero attached hydrogens (tertiary/aromatic N) is 4. The van der Waals surface area contributed by atoms with E-state index in [0.29, 0.717) is 19.5 Å². The molecule has 2 saturated heterocycles. The Kier molecular flexibility index (Phi) is 5.77. The van der Waals surface area contributed by atoms with Gasteiger partial charge in [-0.05, 0) is 29.5 Å². The minimum absolute atomic E-state index is 0.126. The number of pyridine rings is 1. The van der Waals surface area contributed by atoms with Crippen molar-refractivity contribution >= 4 is 21.6 Å². The summed E-state index contributed by atoms with van der Waals surface area (Å²) in [5, 5.41) is 0. The van der Waals surface area contributed by atoms with Crippen LogP contribution >= 0.6 is 0 Å². The number of amides is 1. The van der Waals surface area contributed by atoms with Crippen LogP contribution in [-0.4, -0.2) is 70.4 Å². The molecule has 0 aliphatic carbocycles. The second-order valence-electron chi connectivity index (χ2n) is 10.8. The van der Waals surface area contributed by atoms with E-state index in [1.807, 2.05) is 84.9 Å². The van der Waals surface area contributed by atoms with Crippen molar-refractivity contribution in [2.45, 2.75) is 51.2 Å². The van der Waals surface area contributed by atoms with Gasteiger partial charge in [0.25, 0.3) is 0 Å². The van der Waals surface area contributed by atoms with Crippen LogP contribution in [0, 0.1) is 5.41 Å². The SMILES string of the molecule is CC(C)(C)C(N)C(=O)N1CC[C@@H]2[C@H]1[C@@H](c1cn3cccc(-c4ccccc4)c3n1)CN2S(C)(=O)=O. The topological polar surface area (TPSA) is 101 Å². The minimum Gasteiger partial charge on any atom is -0.336 e. The third kappa shape index (κ3) is 4.15. The molecule has 35 heavy (non-hydrogen) atoms. The van der Waals surface area contributed by atoms with E-state index < -0.39 is 21.5 Å². The van der Waals surface area contributed by atoms with Crippen molar-refractivity contribution in [1.82, 2.24) is 18.6 Å². The smallest absolute Gasteiger partial charge is 0.240 e. The maximum absolute atomic E-state index is 13.5. The number of hydrogen-bond acceptors (Lipinski definition) is 5. The molecular weight excluding hydrogens is 462 g/mol. The molecule has 0 bridgehead atoms. The fourth-order valence-electron chi connectivity index (χ4n) is 5.55. The molecule has 2 aliphatic heterocycles. The number of benzene rings is 1. The summed E-state index contributed by atoms with van der Waals surface area (Å²) in [7, 11) is -3.45. The largest absolute Gasteiger partial charge is 0.336 e. The standard InChI is InChI=1S/C26H33N5O3S/c1-26(2,3)23(27)25(32)30-14-12-21-22(30)19(15-31(21)35(4,33)34)20-16-29-13-8-11-18(24(29)28-20)17-9-6-5-7-10-17/h5-11,13,16,19,21-23H,12,14-15,27H2,1-4H3/t19-,21-,22-,23?/m1/s1. The predicted molar refractivity (Wildman–Crippen MR) is 136 cm³/mol. The van der Waals surface area contributed by atoms with E-state index in [1.54, 1.807) is 4.31 Å². The van der Waals surface area contributed by atoms with Crippen LogP contribution in [0.5, 0.6) is 0 Å². The van der Waals surface area contributed by atoms with Gasteiger partial charge >= 0.3 is 0 Å². The molecule has 1 unspecified atom stereocenters. The Hall–Kier alpha value is -2.75. The molecule has 186 valence electrons. The summed E-state index contributed by atoms with van der Waals surface area (Å²) in [4.78, 5) is 20.3. The number of fused-ring (bicyclic) bond motifs is 2. The minimum atomic E-state index is -3.45. The van der Waals surface area contributed by atoms with E-state index in [4.69, 9.17) is 10.7 Å². The van der Waals surface area contributed by atoms with Gasteiger partial charge in [0.2, 0.25) is 15.9 Å². The maximum atomic E-state index is 13.5. The predicted octanol–water partition coefficient (Wildman–Crippen LogP) is 2.70. The summed E-state index contributed by atoms with van der Waals surface area (Å²) in [6, 6.07) is 12.8. The van der Waals surface area contributed by atoms with E-state index in [2.05, 4.69) is 0 Å². The number of hydrogen-bond donors (Lipinski definition) is 1. The molecule has 0 spiro atoms. The second-order valence-corrected chi connectivity index (χ2v) is 12.8. The summed E-state index contributed by atoms with van der Waals surface area (Å²) in [5.41, 5.74) is 9.63. The number of nitrogens with two attached hydrogens (primary N) is 1. The number of carbonyl (C=O) groups excluding carboxylic acids is 1. The zero-order chi connectivity index (χ0) is 25.1. The Bertz CT molecular complexity index is 1360. The third-order valence-electron chi connectivity index (χ3n) is 7.45. The van der Waals surface area contributed by atoms with Crippen molar-refractivity contribution < 1.29 is 13.2 Å². The Labute approximate surface area is 206 Å². The number of aromatic nitrogens is 2. The molecule has 3 aromatic rings. The van der Waals surface area contributed by atoms with Crippen LogP contribution in [0.25, 0.3) is 16.8 Å². The Morgan fingerprint density at radius 1 is 1.14 bits per heavy atom. The van der Waals surface area contributed by atoms with Gasteiger partial charge in [0, 0.05) is 43.0 Å². The molecule has 2 fully saturated rings. The zero-order valence-electron chi connectivity index (χ0n) is 20.6. The highest BCUT2D eigenvalue weighted by Crippen LogP contribution is 2.43. The van der Waals surface area contributed by atoms with Crippen LogP contribution in [0.4, 0.5) is 0 Å². The molecule has 5 rings (SSSR count). The van der Waals surface area contributed by atoms with Gasteiger partial charge in [-0.3, -0.25) is 4.79 Å². The Morgan fingerprint density at radius 2 is 1.86 bits per heavy atom. The monoisotopic (exact) mass is 495 g/mol. The first-order chi connectivity index (χ1) is 16.5. The molecule has 1 aromatic carbocycles. The van der Waals surface area contributed by atoms with Gasteiger partial charge in [-0.1, -0.05) is 51.1 Å². The molecule has 4 atom stereocenters. The average Bonchev–Trinajstić information content (AvgIpc) is 3.50. The van der Waals surface area contributed by atoms with Crippen molar-refractivity contribution in [3.05, 3.63) is 60.6 Å². The van der Waals surface area contributed by atoms with Gasteiger partial charge in [-0.25, -0.2) is 13.4 Å². The highest BCUT2D eigenvalue weighted by Gasteiger charge is 2.54. The number of likely N-dealkylation sites (tertiary alicyclic amines) is 1. The van der Waals surface area contributed by atoms with Crippen molar-refractivity contribution in [3.63, 3.8) is 0 Å². The van der Waals surface area contributed by atoms with Gasteiger partial charge in [0.05, 0.1) is 24.0 Å². The molecule has 4 heterocycles. The van der Waals surface area contributed by atoms with Crippen LogP contribution in [0.1, 0.15) is 38.8 Å². The van der Waals surface area contributed by atoms with E-state index in [1.165, 1.54) is 6.26 Å². The first-order valence-corrected chi connectivity index (χ1v) is 13.9. The molecular formula is C26H33N5O3S. The molecule has 2 aromatic heterocycles. The van der Waals surface area contributed by atoms with Gasteiger partial charge in [0.15, 0.2) is 0 Å². The van der Waals surface area contributed by atoms with E-state index in [0.717, 1.165) is 22.5 Å². The number of imidazole rings is 1. The molecule has 8 nitrogen and oxygen atoms in total. The molecule has 2 N–H and O–H groups in total. The van der Waals surface area contributed by atoms with Gasteiger partial charge in [-0.15, -0.1) is 0 Å². The Morgan fingerprint density at radius 3 is 2.51 bits per heavy atom. The number of rotatable bonds is 4. The van der Waals surface area contributed by atoms with Crippen molar-refractivity contribution in [2.24, 2.45) is 11.1 Å². The third-order valence-corrected chi connectivity index (χ3v) is 8.72. The van der Waals surface area contributed by atoms with Gasteiger partial charge < -0.3 is 15.0 Å². The first-order valence-electron chi connectivity index (χ1n) is 12.0. The lowest BCUT2D eigenvalue weighted by atomic mass is 9.86. The summed E-state index contributed by atoms with van der Waals surface area (Å²) < 4.78 is 29.0. The highest BCUT2D eigenvalue weighted by molar-refractivity contribution is 7.88.